The van der Waals surface area contributed by atoms with Gasteiger partial charge < -0.3 is 10.1 Å². The predicted octanol–water partition coefficient (Wildman–Crippen LogP) is 3.21. The van der Waals surface area contributed by atoms with Crippen molar-refractivity contribution in [3.05, 3.63) is 41.5 Å². The molecular formula is C18H25N5O4S. The molecule has 0 aliphatic rings. The van der Waals surface area contributed by atoms with Crippen LogP contribution in [0.4, 0.5) is 16.3 Å². The number of anilines is 2. The van der Waals surface area contributed by atoms with Gasteiger partial charge in [-0.05, 0) is 29.0 Å². The van der Waals surface area contributed by atoms with Gasteiger partial charge in [-0.3, -0.25) is 0 Å². The number of rotatable bonds is 7. The average molecular weight is 407 g/mol. The molecule has 0 aliphatic carbocycles. The van der Waals surface area contributed by atoms with Crippen molar-refractivity contribution in [2.75, 3.05) is 17.1 Å². The first kappa shape index (κ1) is 21.4. The molecular weight excluding hydrogens is 382 g/mol. The van der Waals surface area contributed by atoms with Crippen LogP contribution in [0.2, 0.25) is 0 Å². The van der Waals surface area contributed by atoms with E-state index in [1.54, 1.807) is 0 Å². The highest BCUT2D eigenvalue weighted by Crippen LogP contribution is 2.32. The maximum atomic E-state index is 12.4. The number of aromatic nitrogens is 2. The molecule has 2 aromatic rings. The summed E-state index contributed by atoms with van der Waals surface area (Å²) in [5.41, 5.74) is 2.46. The number of para-hydroxylation sites is 1. The number of methoxy groups -OCH3 is 1. The Hall–Kier alpha value is -2.88. The molecule has 0 radical (unpaired) electrons. The molecule has 10 heteroatoms. The predicted molar refractivity (Wildman–Crippen MR) is 108 cm³/mol. The summed E-state index contributed by atoms with van der Waals surface area (Å²) < 4.78 is 33.3. The highest BCUT2D eigenvalue weighted by Gasteiger charge is 2.19. The zero-order chi connectivity index (χ0) is 20.9. The van der Waals surface area contributed by atoms with E-state index >= 15 is 0 Å². The molecule has 0 fully saturated rings. The third-order valence-corrected chi connectivity index (χ3v) is 4.86. The number of hydrogen-bond acceptors (Lipinski definition) is 6. The number of benzene rings is 1. The van der Waals surface area contributed by atoms with Gasteiger partial charge in [0.1, 0.15) is 0 Å². The maximum Gasteiger partial charge on any atom is 0.334 e. The summed E-state index contributed by atoms with van der Waals surface area (Å²) in [6, 6.07) is 7.68. The average Bonchev–Trinajstić information content (AvgIpc) is 2.61. The van der Waals surface area contributed by atoms with E-state index in [0.717, 1.165) is 11.1 Å². The number of amides is 2. The van der Waals surface area contributed by atoms with Gasteiger partial charge >= 0.3 is 16.2 Å². The summed E-state index contributed by atoms with van der Waals surface area (Å²) in [7, 11) is -2.78. The Labute approximate surface area is 165 Å². The lowest BCUT2D eigenvalue weighted by Crippen LogP contribution is -2.38. The smallest absolute Gasteiger partial charge is 0.334 e. The first-order valence-corrected chi connectivity index (χ1v) is 10.2. The van der Waals surface area contributed by atoms with Gasteiger partial charge in [-0.15, -0.1) is 10.2 Å². The Balaban J connectivity index is 2.16. The second-order valence-corrected chi connectivity index (χ2v) is 8.16. The molecule has 2 rings (SSSR count). The number of nitrogens with zero attached hydrogens (tertiary/aromatic N) is 2. The van der Waals surface area contributed by atoms with E-state index in [4.69, 9.17) is 4.74 Å². The minimum absolute atomic E-state index is 0.0495. The van der Waals surface area contributed by atoms with Crippen LogP contribution in [0.15, 0.2) is 30.3 Å². The van der Waals surface area contributed by atoms with E-state index in [2.05, 4.69) is 20.2 Å². The largest absolute Gasteiger partial charge is 0.480 e. The maximum absolute atomic E-state index is 12.4. The summed E-state index contributed by atoms with van der Waals surface area (Å²) in [4.78, 5) is 12.4. The van der Waals surface area contributed by atoms with Crippen molar-refractivity contribution < 1.29 is 17.9 Å². The first-order chi connectivity index (χ1) is 13.1. The molecule has 2 amide bonds. The number of nitrogens with one attached hydrogen (secondary N) is 3. The Morgan fingerprint density at radius 2 is 1.61 bits per heavy atom. The van der Waals surface area contributed by atoms with Gasteiger partial charge in [-0.25, -0.2) is 14.2 Å². The molecule has 0 saturated heterocycles. The number of carbonyl (C=O) groups excluding carboxylic acids is 1. The van der Waals surface area contributed by atoms with E-state index in [1.807, 2.05) is 50.6 Å². The molecule has 1 aromatic carbocycles. The van der Waals surface area contributed by atoms with Gasteiger partial charge in [0.2, 0.25) is 5.88 Å². The molecule has 0 unspecified atom stereocenters. The quantitative estimate of drug-likeness (QED) is 0.648. The van der Waals surface area contributed by atoms with Gasteiger partial charge in [-0.2, -0.15) is 8.42 Å². The van der Waals surface area contributed by atoms with E-state index in [0.29, 0.717) is 5.69 Å². The van der Waals surface area contributed by atoms with Crippen molar-refractivity contribution in [2.45, 2.75) is 39.5 Å². The number of ether oxygens (including phenoxy) is 1. The zero-order valence-electron chi connectivity index (χ0n) is 16.5. The monoisotopic (exact) mass is 407 g/mol. The van der Waals surface area contributed by atoms with Crippen molar-refractivity contribution in [1.29, 1.82) is 0 Å². The highest BCUT2D eigenvalue weighted by atomic mass is 32.2. The second-order valence-electron chi connectivity index (χ2n) is 6.74. The summed E-state index contributed by atoms with van der Waals surface area (Å²) in [6.07, 6.45) is 0. The molecule has 152 valence electrons. The van der Waals surface area contributed by atoms with Crippen LogP contribution >= 0.6 is 0 Å². The molecule has 3 N–H and O–H groups in total. The van der Waals surface area contributed by atoms with Crippen molar-refractivity contribution >= 4 is 27.7 Å². The van der Waals surface area contributed by atoms with Gasteiger partial charge in [0.15, 0.2) is 5.82 Å². The zero-order valence-corrected chi connectivity index (χ0v) is 17.3. The Bertz CT molecular complexity index is 901. The van der Waals surface area contributed by atoms with Crippen LogP contribution in [0.5, 0.6) is 5.88 Å². The summed E-state index contributed by atoms with van der Waals surface area (Å²) in [5, 5.41) is 10.0. The lowest BCUT2D eigenvalue weighted by molar-refractivity contribution is 0.256. The van der Waals surface area contributed by atoms with Crippen LogP contribution in [-0.4, -0.2) is 31.8 Å². The molecule has 1 aromatic heterocycles. The van der Waals surface area contributed by atoms with Crippen molar-refractivity contribution in [2.24, 2.45) is 0 Å². The van der Waals surface area contributed by atoms with Crippen LogP contribution in [0.25, 0.3) is 0 Å². The molecule has 0 spiro atoms. The normalized spacial score (nSPS) is 11.4. The minimum atomic E-state index is -4.20. The molecule has 0 atom stereocenters. The molecule has 28 heavy (non-hydrogen) atoms. The van der Waals surface area contributed by atoms with Gasteiger partial charge in [-0.1, -0.05) is 45.9 Å². The Morgan fingerprint density at radius 1 is 1.00 bits per heavy atom. The summed E-state index contributed by atoms with van der Waals surface area (Å²) >= 11 is 0. The standard InChI is InChI=1S/C18H25N5O4S/c1-11(2)13-7-6-8-14(12(3)4)17(13)19-18(24)23-28(25,26)22-15-9-10-16(27-5)21-20-15/h6-12H,1-5H3,(H,20,22)(H2,19,23,24). The number of carbonyl (C=O) groups is 1. The first-order valence-electron chi connectivity index (χ1n) is 8.75. The summed E-state index contributed by atoms with van der Waals surface area (Å²) in [6.45, 7) is 8.01. The van der Waals surface area contributed by atoms with Crippen molar-refractivity contribution in [1.82, 2.24) is 14.9 Å². The molecule has 0 saturated carbocycles. The third kappa shape index (κ3) is 5.56. The molecule has 0 bridgehead atoms. The van der Waals surface area contributed by atoms with Gasteiger partial charge in [0.05, 0.1) is 7.11 Å². The van der Waals surface area contributed by atoms with E-state index in [-0.39, 0.29) is 23.5 Å². The SMILES string of the molecule is COc1ccc(NS(=O)(=O)NC(=O)Nc2c(C(C)C)cccc2C(C)C)nn1. The van der Waals surface area contributed by atoms with Crippen LogP contribution < -0.4 is 19.5 Å². The lowest BCUT2D eigenvalue weighted by Gasteiger charge is -2.20. The topological polar surface area (TPSA) is 122 Å². The van der Waals surface area contributed by atoms with Crippen LogP contribution in [0.3, 0.4) is 0 Å². The van der Waals surface area contributed by atoms with Crippen LogP contribution in [0, 0.1) is 0 Å². The summed E-state index contributed by atoms with van der Waals surface area (Å²) in [5.74, 6) is 0.489. The van der Waals surface area contributed by atoms with Gasteiger partial charge in [0.25, 0.3) is 0 Å². The third-order valence-electron chi connectivity index (χ3n) is 3.93. The van der Waals surface area contributed by atoms with Gasteiger partial charge in [0, 0.05) is 11.8 Å². The highest BCUT2D eigenvalue weighted by molar-refractivity contribution is 7.91. The van der Waals surface area contributed by atoms with E-state index < -0.39 is 16.2 Å². The van der Waals surface area contributed by atoms with Crippen LogP contribution in [0.1, 0.15) is 50.7 Å². The minimum Gasteiger partial charge on any atom is -0.480 e. The Morgan fingerprint density at radius 3 is 2.07 bits per heavy atom. The fraction of sp³-hybridized carbons (Fsp3) is 0.389. The van der Waals surface area contributed by atoms with Crippen molar-refractivity contribution in [3.8, 4) is 5.88 Å². The number of hydrogen-bond donors (Lipinski definition) is 3. The fourth-order valence-electron chi connectivity index (χ4n) is 2.60. The Kier molecular flexibility index (Phi) is 6.79. The fourth-order valence-corrected chi connectivity index (χ4v) is 3.33. The molecule has 1 heterocycles. The van der Waals surface area contributed by atoms with E-state index in [1.165, 1.54) is 19.2 Å². The van der Waals surface area contributed by atoms with E-state index in [9.17, 15) is 13.2 Å². The van der Waals surface area contributed by atoms with Crippen LogP contribution in [-0.2, 0) is 10.2 Å². The molecule has 0 aliphatic heterocycles. The molecule has 9 nitrogen and oxygen atoms in total. The lowest BCUT2D eigenvalue weighted by atomic mass is 9.93. The van der Waals surface area contributed by atoms with Crippen molar-refractivity contribution in [3.63, 3.8) is 0 Å². The second kappa shape index (κ2) is 8.87. The number of urea groups is 1.